The Balaban J connectivity index is 1.95. The number of halogens is 1. The SMILES string of the molecule is CCCOc1cc(CNCc2ccc(F)c(C)c2)ccc1OC. The molecule has 0 aromatic heterocycles. The van der Waals surface area contributed by atoms with Crippen LogP contribution in [0.25, 0.3) is 0 Å². The second-order valence-electron chi connectivity index (χ2n) is 5.52. The molecule has 0 unspecified atom stereocenters. The minimum atomic E-state index is -0.165. The van der Waals surface area contributed by atoms with Gasteiger partial charge in [0.2, 0.25) is 0 Å². The number of benzene rings is 2. The number of aryl methyl sites for hydroxylation is 1. The summed E-state index contributed by atoms with van der Waals surface area (Å²) in [7, 11) is 1.64. The number of methoxy groups -OCH3 is 1. The number of ether oxygens (including phenoxy) is 2. The smallest absolute Gasteiger partial charge is 0.161 e. The molecule has 0 radical (unpaired) electrons. The van der Waals surface area contributed by atoms with Crippen LogP contribution in [-0.2, 0) is 13.1 Å². The number of hydrogen-bond acceptors (Lipinski definition) is 3. The maximum Gasteiger partial charge on any atom is 0.161 e. The number of rotatable bonds is 8. The van der Waals surface area contributed by atoms with Gasteiger partial charge in [-0.05, 0) is 48.2 Å². The molecule has 0 heterocycles. The summed E-state index contributed by atoms with van der Waals surface area (Å²) in [5, 5.41) is 3.37. The topological polar surface area (TPSA) is 30.5 Å². The highest BCUT2D eigenvalue weighted by Gasteiger charge is 2.06. The second-order valence-corrected chi connectivity index (χ2v) is 5.52. The van der Waals surface area contributed by atoms with Gasteiger partial charge in [-0.1, -0.05) is 25.1 Å². The zero-order valence-corrected chi connectivity index (χ0v) is 14.0. The molecule has 0 saturated carbocycles. The molecule has 2 aromatic rings. The fraction of sp³-hybridized carbons (Fsp3) is 0.368. The molecule has 0 amide bonds. The lowest BCUT2D eigenvalue weighted by Crippen LogP contribution is -2.13. The van der Waals surface area contributed by atoms with Crippen LogP contribution in [0, 0.1) is 12.7 Å². The summed E-state index contributed by atoms with van der Waals surface area (Å²) in [6, 6.07) is 11.1. The van der Waals surface area contributed by atoms with Crippen LogP contribution in [0.5, 0.6) is 11.5 Å². The van der Waals surface area contributed by atoms with Gasteiger partial charge >= 0.3 is 0 Å². The van der Waals surface area contributed by atoms with Gasteiger partial charge in [0, 0.05) is 13.1 Å². The van der Waals surface area contributed by atoms with Crippen molar-refractivity contribution in [3.63, 3.8) is 0 Å². The first-order chi connectivity index (χ1) is 11.1. The zero-order chi connectivity index (χ0) is 16.7. The highest BCUT2D eigenvalue weighted by molar-refractivity contribution is 5.43. The third-order valence-electron chi connectivity index (χ3n) is 3.57. The Labute approximate surface area is 137 Å². The van der Waals surface area contributed by atoms with E-state index in [2.05, 4.69) is 12.2 Å². The second kappa shape index (κ2) is 8.53. The summed E-state index contributed by atoms with van der Waals surface area (Å²) in [4.78, 5) is 0. The molecule has 23 heavy (non-hydrogen) atoms. The lowest BCUT2D eigenvalue weighted by Gasteiger charge is -2.12. The van der Waals surface area contributed by atoms with Crippen LogP contribution >= 0.6 is 0 Å². The Morgan fingerprint density at radius 1 is 1.00 bits per heavy atom. The van der Waals surface area contributed by atoms with Gasteiger partial charge in [0.25, 0.3) is 0 Å². The van der Waals surface area contributed by atoms with Gasteiger partial charge in [-0.3, -0.25) is 0 Å². The van der Waals surface area contributed by atoms with E-state index in [9.17, 15) is 4.39 Å². The van der Waals surface area contributed by atoms with Crippen molar-refractivity contribution in [1.29, 1.82) is 0 Å². The van der Waals surface area contributed by atoms with E-state index in [1.165, 1.54) is 6.07 Å². The molecule has 0 atom stereocenters. The van der Waals surface area contributed by atoms with Gasteiger partial charge in [-0.15, -0.1) is 0 Å². The van der Waals surface area contributed by atoms with E-state index in [-0.39, 0.29) is 5.82 Å². The van der Waals surface area contributed by atoms with Crippen molar-refractivity contribution in [2.75, 3.05) is 13.7 Å². The number of nitrogens with one attached hydrogen (secondary N) is 1. The van der Waals surface area contributed by atoms with Crippen molar-refractivity contribution in [2.45, 2.75) is 33.4 Å². The van der Waals surface area contributed by atoms with E-state index in [1.807, 2.05) is 24.3 Å². The molecular weight excluding hydrogens is 293 g/mol. The third kappa shape index (κ3) is 4.96. The van der Waals surface area contributed by atoms with Gasteiger partial charge in [0.05, 0.1) is 13.7 Å². The predicted molar refractivity (Wildman–Crippen MR) is 90.5 cm³/mol. The van der Waals surface area contributed by atoms with E-state index in [1.54, 1.807) is 20.1 Å². The molecule has 124 valence electrons. The van der Waals surface area contributed by atoms with Gasteiger partial charge in [-0.2, -0.15) is 0 Å². The zero-order valence-electron chi connectivity index (χ0n) is 14.0. The molecule has 2 aromatic carbocycles. The van der Waals surface area contributed by atoms with Crippen LogP contribution in [0.2, 0.25) is 0 Å². The van der Waals surface area contributed by atoms with Crippen molar-refractivity contribution in [3.05, 3.63) is 58.9 Å². The molecule has 0 saturated heterocycles. The summed E-state index contributed by atoms with van der Waals surface area (Å²) in [5.74, 6) is 1.35. The van der Waals surface area contributed by atoms with E-state index < -0.39 is 0 Å². The molecule has 0 bridgehead atoms. The first-order valence-corrected chi connectivity index (χ1v) is 7.89. The molecule has 2 rings (SSSR count). The Kier molecular flexibility index (Phi) is 6.41. The maximum absolute atomic E-state index is 13.3. The molecule has 0 fully saturated rings. The monoisotopic (exact) mass is 317 g/mol. The largest absolute Gasteiger partial charge is 0.493 e. The Bertz CT molecular complexity index is 643. The summed E-state index contributed by atoms with van der Waals surface area (Å²) in [5.41, 5.74) is 2.86. The Morgan fingerprint density at radius 3 is 2.35 bits per heavy atom. The van der Waals surface area contributed by atoms with Crippen LogP contribution < -0.4 is 14.8 Å². The molecule has 0 aliphatic rings. The molecule has 3 nitrogen and oxygen atoms in total. The third-order valence-corrected chi connectivity index (χ3v) is 3.57. The lowest BCUT2D eigenvalue weighted by molar-refractivity contribution is 0.294. The standard InChI is InChI=1S/C19H24FNO2/c1-4-9-23-19-11-16(6-8-18(19)22-3)13-21-12-15-5-7-17(20)14(2)10-15/h5-8,10-11,21H,4,9,12-13H2,1-3H3. The first-order valence-electron chi connectivity index (χ1n) is 7.89. The maximum atomic E-state index is 13.3. The summed E-state index contributed by atoms with van der Waals surface area (Å²) < 4.78 is 24.3. The highest BCUT2D eigenvalue weighted by atomic mass is 19.1. The number of hydrogen-bond donors (Lipinski definition) is 1. The van der Waals surface area contributed by atoms with Gasteiger partial charge in [0.15, 0.2) is 11.5 Å². The van der Waals surface area contributed by atoms with Crippen molar-refractivity contribution < 1.29 is 13.9 Å². The van der Waals surface area contributed by atoms with E-state index >= 15 is 0 Å². The van der Waals surface area contributed by atoms with Crippen molar-refractivity contribution in [2.24, 2.45) is 0 Å². The fourth-order valence-corrected chi connectivity index (χ4v) is 2.32. The van der Waals surface area contributed by atoms with Crippen molar-refractivity contribution in [3.8, 4) is 11.5 Å². The van der Waals surface area contributed by atoms with Crippen molar-refractivity contribution >= 4 is 0 Å². The van der Waals surface area contributed by atoms with Crippen LogP contribution in [0.1, 0.15) is 30.0 Å². The Morgan fingerprint density at radius 2 is 1.70 bits per heavy atom. The van der Waals surface area contributed by atoms with E-state index in [0.717, 1.165) is 29.0 Å². The summed E-state index contributed by atoms with van der Waals surface area (Å²) in [6.07, 6.45) is 0.954. The minimum Gasteiger partial charge on any atom is -0.493 e. The average molecular weight is 317 g/mol. The fourth-order valence-electron chi connectivity index (χ4n) is 2.32. The Hall–Kier alpha value is -2.07. The lowest BCUT2D eigenvalue weighted by atomic mass is 10.1. The molecule has 0 aliphatic carbocycles. The molecular formula is C19H24FNO2. The van der Waals surface area contributed by atoms with Gasteiger partial charge < -0.3 is 14.8 Å². The predicted octanol–water partition coefficient (Wildman–Crippen LogP) is 4.22. The quantitative estimate of drug-likeness (QED) is 0.790. The molecule has 4 heteroatoms. The van der Waals surface area contributed by atoms with E-state index in [0.29, 0.717) is 25.3 Å². The van der Waals surface area contributed by atoms with Crippen LogP contribution in [0.4, 0.5) is 4.39 Å². The molecule has 0 spiro atoms. The van der Waals surface area contributed by atoms with Gasteiger partial charge in [0.1, 0.15) is 5.82 Å². The van der Waals surface area contributed by atoms with Crippen molar-refractivity contribution in [1.82, 2.24) is 5.32 Å². The first kappa shape index (κ1) is 17.3. The van der Waals surface area contributed by atoms with Crippen LogP contribution in [0.3, 0.4) is 0 Å². The van der Waals surface area contributed by atoms with Crippen LogP contribution in [0.15, 0.2) is 36.4 Å². The molecule has 1 N–H and O–H groups in total. The molecule has 0 aliphatic heterocycles. The average Bonchev–Trinajstić information content (AvgIpc) is 2.56. The summed E-state index contributed by atoms with van der Waals surface area (Å²) >= 11 is 0. The highest BCUT2D eigenvalue weighted by Crippen LogP contribution is 2.28. The normalized spacial score (nSPS) is 10.6. The van der Waals surface area contributed by atoms with Gasteiger partial charge in [-0.25, -0.2) is 4.39 Å². The summed E-state index contributed by atoms with van der Waals surface area (Å²) in [6.45, 7) is 5.92. The van der Waals surface area contributed by atoms with E-state index in [4.69, 9.17) is 9.47 Å². The minimum absolute atomic E-state index is 0.165. The van der Waals surface area contributed by atoms with Crippen LogP contribution in [-0.4, -0.2) is 13.7 Å².